The summed E-state index contributed by atoms with van der Waals surface area (Å²) in [4.78, 5) is 1.34. The number of hydrogen-bond donors (Lipinski definition) is 1. The Bertz CT molecular complexity index is 412. The fourth-order valence-electron chi connectivity index (χ4n) is 3.06. The maximum absolute atomic E-state index is 6.49. The maximum Gasteiger partial charge on any atom is 0.105 e. The van der Waals surface area contributed by atoms with Gasteiger partial charge in [-0.15, -0.1) is 11.3 Å². The van der Waals surface area contributed by atoms with Crippen molar-refractivity contribution in [2.24, 2.45) is 5.92 Å². The van der Waals surface area contributed by atoms with Crippen LogP contribution in [0.4, 0.5) is 0 Å². The summed E-state index contributed by atoms with van der Waals surface area (Å²) in [5.74, 6) is 0.871. The standard InChI is InChI=1S/C14H20BrNOS/c1-10-4-6-14(7-5-10)9-16-8-11(17-14)12-2-3-13(15)18-12/h2-3,10-11,16H,4-9H2,1H3. The van der Waals surface area contributed by atoms with E-state index < -0.39 is 0 Å². The first kappa shape index (κ1) is 13.1. The first-order valence-corrected chi connectivity index (χ1v) is 8.42. The van der Waals surface area contributed by atoms with Gasteiger partial charge in [-0.3, -0.25) is 0 Å². The molecule has 2 nitrogen and oxygen atoms in total. The van der Waals surface area contributed by atoms with Gasteiger partial charge >= 0.3 is 0 Å². The van der Waals surface area contributed by atoms with E-state index in [0.717, 1.165) is 19.0 Å². The van der Waals surface area contributed by atoms with Gasteiger partial charge in [0, 0.05) is 18.0 Å². The second kappa shape index (κ2) is 5.23. The Morgan fingerprint density at radius 1 is 1.39 bits per heavy atom. The van der Waals surface area contributed by atoms with Gasteiger partial charge in [-0.25, -0.2) is 0 Å². The average Bonchev–Trinajstić information content (AvgIpc) is 2.81. The summed E-state index contributed by atoms with van der Waals surface area (Å²) in [6.07, 6.45) is 5.28. The molecular formula is C14H20BrNOS. The van der Waals surface area contributed by atoms with Gasteiger partial charge in [0.2, 0.25) is 0 Å². The minimum atomic E-state index is 0.103. The van der Waals surface area contributed by atoms with Crippen LogP contribution in [0.15, 0.2) is 15.9 Å². The van der Waals surface area contributed by atoms with E-state index >= 15 is 0 Å². The number of rotatable bonds is 1. The molecule has 100 valence electrons. The summed E-state index contributed by atoms with van der Waals surface area (Å²) in [5, 5.41) is 3.58. The van der Waals surface area contributed by atoms with E-state index in [1.807, 2.05) is 0 Å². The zero-order valence-electron chi connectivity index (χ0n) is 10.7. The third-order valence-electron chi connectivity index (χ3n) is 4.27. The molecule has 0 bridgehead atoms. The van der Waals surface area contributed by atoms with Crippen LogP contribution in [-0.2, 0) is 4.74 Å². The zero-order chi connectivity index (χ0) is 12.6. The summed E-state index contributed by atoms with van der Waals surface area (Å²) < 4.78 is 7.68. The topological polar surface area (TPSA) is 21.3 Å². The van der Waals surface area contributed by atoms with E-state index in [-0.39, 0.29) is 11.7 Å². The molecule has 1 spiro atoms. The Morgan fingerprint density at radius 3 is 2.83 bits per heavy atom. The van der Waals surface area contributed by atoms with Crippen molar-refractivity contribution in [3.63, 3.8) is 0 Å². The highest BCUT2D eigenvalue weighted by Gasteiger charge is 2.40. The first-order chi connectivity index (χ1) is 8.67. The van der Waals surface area contributed by atoms with E-state index in [0.29, 0.717) is 0 Å². The molecule has 1 aliphatic heterocycles. The molecule has 1 aliphatic carbocycles. The van der Waals surface area contributed by atoms with Crippen LogP contribution in [0.5, 0.6) is 0 Å². The molecule has 0 amide bonds. The summed E-state index contributed by atoms with van der Waals surface area (Å²) in [7, 11) is 0. The Hall–Kier alpha value is 0.1000. The predicted molar refractivity (Wildman–Crippen MR) is 79.1 cm³/mol. The van der Waals surface area contributed by atoms with Crippen molar-refractivity contribution in [3.8, 4) is 0 Å². The van der Waals surface area contributed by atoms with Crippen LogP contribution in [0.3, 0.4) is 0 Å². The highest BCUT2D eigenvalue weighted by Crippen LogP contribution is 2.41. The van der Waals surface area contributed by atoms with Crippen molar-refractivity contribution in [2.75, 3.05) is 13.1 Å². The number of halogens is 1. The van der Waals surface area contributed by atoms with E-state index in [4.69, 9.17) is 4.74 Å². The minimum absolute atomic E-state index is 0.103. The van der Waals surface area contributed by atoms with Crippen LogP contribution in [0.2, 0.25) is 0 Å². The van der Waals surface area contributed by atoms with Crippen molar-refractivity contribution < 1.29 is 4.74 Å². The van der Waals surface area contributed by atoms with Crippen LogP contribution < -0.4 is 5.32 Å². The SMILES string of the molecule is CC1CCC2(CC1)CNCC(c1ccc(Br)s1)O2. The maximum atomic E-state index is 6.49. The number of nitrogens with one attached hydrogen (secondary N) is 1. The van der Waals surface area contributed by atoms with Crippen molar-refractivity contribution in [2.45, 2.75) is 44.3 Å². The normalized spacial score (nSPS) is 37.0. The van der Waals surface area contributed by atoms with Crippen molar-refractivity contribution >= 4 is 27.3 Å². The first-order valence-electron chi connectivity index (χ1n) is 6.81. The second-order valence-electron chi connectivity index (χ2n) is 5.74. The second-order valence-corrected chi connectivity index (χ2v) is 8.24. The molecule has 1 atom stereocenters. The summed E-state index contributed by atoms with van der Waals surface area (Å²) in [5.41, 5.74) is 0.103. The smallest absolute Gasteiger partial charge is 0.105 e. The fraction of sp³-hybridized carbons (Fsp3) is 0.714. The van der Waals surface area contributed by atoms with Gasteiger partial charge in [-0.2, -0.15) is 0 Å². The Labute approximate surface area is 121 Å². The van der Waals surface area contributed by atoms with Gasteiger partial charge in [0.05, 0.1) is 9.39 Å². The molecule has 0 radical (unpaired) electrons. The van der Waals surface area contributed by atoms with Gasteiger partial charge in [0.15, 0.2) is 0 Å². The van der Waals surface area contributed by atoms with Crippen LogP contribution in [-0.4, -0.2) is 18.7 Å². The fourth-order valence-corrected chi connectivity index (χ4v) is 4.51. The molecule has 1 unspecified atom stereocenters. The molecule has 18 heavy (non-hydrogen) atoms. The Kier molecular flexibility index (Phi) is 3.81. The van der Waals surface area contributed by atoms with E-state index in [1.165, 1.54) is 34.3 Å². The number of hydrogen-bond acceptors (Lipinski definition) is 3. The van der Waals surface area contributed by atoms with Gasteiger partial charge in [-0.05, 0) is 59.7 Å². The lowest BCUT2D eigenvalue weighted by Gasteiger charge is -2.45. The lowest BCUT2D eigenvalue weighted by molar-refractivity contribution is -0.139. The molecule has 4 heteroatoms. The molecule has 1 saturated carbocycles. The average molecular weight is 330 g/mol. The van der Waals surface area contributed by atoms with E-state index in [9.17, 15) is 0 Å². The van der Waals surface area contributed by atoms with Crippen molar-refractivity contribution in [3.05, 3.63) is 20.8 Å². The third kappa shape index (κ3) is 2.67. The van der Waals surface area contributed by atoms with Gasteiger partial charge < -0.3 is 10.1 Å². The lowest BCUT2D eigenvalue weighted by Crippen LogP contribution is -2.52. The monoisotopic (exact) mass is 329 g/mol. The van der Waals surface area contributed by atoms with E-state index in [2.05, 4.69) is 40.3 Å². The van der Waals surface area contributed by atoms with Crippen LogP contribution in [0.25, 0.3) is 0 Å². The van der Waals surface area contributed by atoms with E-state index in [1.54, 1.807) is 11.3 Å². The largest absolute Gasteiger partial charge is 0.364 e. The zero-order valence-corrected chi connectivity index (χ0v) is 13.1. The number of thiophene rings is 1. The minimum Gasteiger partial charge on any atom is -0.364 e. The van der Waals surface area contributed by atoms with Gasteiger partial charge in [0.25, 0.3) is 0 Å². The Balaban J connectivity index is 1.72. The molecule has 2 aliphatic rings. The van der Waals surface area contributed by atoms with Crippen molar-refractivity contribution in [1.29, 1.82) is 0 Å². The molecule has 1 aromatic heterocycles. The third-order valence-corrected chi connectivity index (χ3v) is 5.98. The highest BCUT2D eigenvalue weighted by molar-refractivity contribution is 9.11. The number of ether oxygens (including phenoxy) is 1. The predicted octanol–water partition coefficient (Wildman–Crippen LogP) is 4.12. The molecular weight excluding hydrogens is 310 g/mol. The van der Waals surface area contributed by atoms with Gasteiger partial charge in [0.1, 0.15) is 6.10 Å². The summed E-state index contributed by atoms with van der Waals surface area (Å²) in [6.45, 7) is 4.34. The molecule has 2 fully saturated rings. The van der Waals surface area contributed by atoms with Crippen LogP contribution >= 0.6 is 27.3 Å². The summed E-state index contributed by atoms with van der Waals surface area (Å²) >= 11 is 5.33. The highest BCUT2D eigenvalue weighted by atomic mass is 79.9. The quantitative estimate of drug-likeness (QED) is 0.836. The molecule has 1 saturated heterocycles. The van der Waals surface area contributed by atoms with Crippen molar-refractivity contribution in [1.82, 2.24) is 5.32 Å². The molecule has 0 aromatic carbocycles. The molecule has 1 N–H and O–H groups in total. The van der Waals surface area contributed by atoms with Gasteiger partial charge in [-0.1, -0.05) is 6.92 Å². The molecule has 3 rings (SSSR count). The van der Waals surface area contributed by atoms with Crippen LogP contribution in [0.1, 0.15) is 43.6 Å². The lowest BCUT2D eigenvalue weighted by atomic mass is 9.78. The Morgan fingerprint density at radius 2 is 2.17 bits per heavy atom. The summed E-state index contributed by atoms with van der Waals surface area (Å²) in [6, 6.07) is 4.30. The molecule has 2 heterocycles. The van der Waals surface area contributed by atoms with Crippen LogP contribution in [0, 0.1) is 5.92 Å². The molecule has 1 aromatic rings. The number of morpholine rings is 1.